The van der Waals surface area contributed by atoms with Crippen molar-refractivity contribution in [1.29, 1.82) is 0 Å². The molecule has 1 aliphatic heterocycles. The highest BCUT2D eigenvalue weighted by Gasteiger charge is 2.30. The molecule has 0 bridgehead atoms. The highest BCUT2D eigenvalue weighted by Crippen LogP contribution is 2.24. The summed E-state index contributed by atoms with van der Waals surface area (Å²) >= 11 is 1.20. The first-order valence-corrected chi connectivity index (χ1v) is 6.60. The Bertz CT molecular complexity index is 378. The maximum absolute atomic E-state index is 12.2. The first-order chi connectivity index (χ1) is 8.54. The van der Waals surface area contributed by atoms with E-state index in [0.29, 0.717) is 5.75 Å². The van der Waals surface area contributed by atoms with E-state index in [2.05, 4.69) is 15.5 Å². The van der Waals surface area contributed by atoms with Crippen LogP contribution in [0.2, 0.25) is 0 Å². The fraction of sp³-hybridized carbons (Fsp3) is 0.889. The van der Waals surface area contributed by atoms with E-state index >= 15 is 0 Å². The van der Waals surface area contributed by atoms with E-state index in [0.717, 1.165) is 30.6 Å². The minimum absolute atomic E-state index is 0.0831. The standard InChI is InChI=1S/C9H13F3N4OS/c10-9(11,12)6-16-8(13-14-15-16)18-5-7-3-1-2-4-17-7/h7H,1-6H2/t7-/m0/s1. The molecule has 0 unspecified atom stereocenters. The second kappa shape index (κ2) is 5.87. The van der Waals surface area contributed by atoms with E-state index in [4.69, 9.17) is 4.74 Å². The molecule has 1 atom stereocenters. The zero-order chi connectivity index (χ0) is 13.0. The second-order valence-electron chi connectivity index (χ2n) is 4.03. The normalized spacial score (nSPS) is 21.2. The lowest BCUT2D eigenvalue weighted by Gasteiger charge is -2.21. The average Bonchev–Trinajstić information content (AvgIpc) is 2.73. The number of hydrogen-bond acceptors (Lipinski definition) is 5. The average molecular weight is 282 g/mol. The lowest BCUT2D eigenvalue weighted by molar-refractivity contribution is -0.144. The molecule has 0 amide bonds. The monoisotopic (exact) mass is 282 g/mol. The highest BCUT2D eigenvalue weighted by molar-refractivity contribution is 7.99. The van der Waals surface area contributed by atoms with Crippen molar-refractivity contribution in [2.45, 2.75) is 43.2 Å². The molecule has 0 saturated carbocycles. The van der Waals surface area contributed by atoms with Gasteiger partial charge in [0.2, 0.25) is 5.16 Å². The van der Waals surface area contributed by atoms with Crippen LogP contribution < -0.4 is 0 Å². The molecule has 0 spiro atoms. The Hall–Kier alpha value is -0.830. The van der Waals surface area contributed by atoms with Crippen LogP contribution in [0, 0.1) is 0 Å². The summed E-state index contributed by atoms with van der Waals surface area (Å²) in [5, 5.41) is 10.4. The zero-order valence-corrected chi connectivity index (χ0v) is 10.4. The van der Waals surface area contributed by atoms with E-state index in [1.54, 1.807) is 0 Å². The Morgan fingerprint density at radius 2 is 2.22 bits per heavy atom. The van der Waals surface area contributed by atoms with Gasteiger partial charge in [-0.15, -0.1) is 5.10 Å². The molecule has 5 nitrogen and oxygen atoms in total. The number of aromatic nitrogens is 4. The summed E-state index contributed by atoms with van der Waals surface area (Å²) in [5.74, 6) is 0.582. The second-order valence-corrected chi connectivity index (χ2v) is 5.02. The van der Waals surface area contributed by atoms with Crippen molar-refractivity contribution < 1.29 is 17.9 Å². The summed E-state index contributed by atoms with van der Waals surface area (Å²) in [4.78, 5) is 0. The molecule has 0 aromatic carbocycles. The van der Waals surface area contributed by atoms with Gasteiger partial charge in [-0.1, -0.05) is 11.8 Å². The van der Waals surface area contributed by atoms with Gasteiger partial charge in [-0.3, -0.25) is 0 Å². The SMILES string of the molecule is FC(F)(F)Cn1nnnc1SC[C@@H]1CCCCO1. The number of alkyl halides is 3. The Morgan fingerprint density at radius 3 is 2.89 bits per heavy atom. The van der Waals surface area contributed by atoms with Crippen LogP contribution in [0.25, 0.3) is 0 Å². The number of hydrogen-bond donors (Lipinski definition) is 0. The number of nitrogens with zero attached hydrogens (tertiary/aromatic N) is 4. The van der Waals surface area contributed by atoms with Gasteiger partial charge in [0.15, 0.2) is 0 Å². The summed E-state index contributed by atoms with van der Waals surface area (Å²) in [6.45, 7) is -0.438. The first-order valence-electron chi connectivity index (χ1n) is 5.62. The fourth-order valence-electron chi connectivity index (χ4n) is 1.68. The molecule has 1 aromatic rings. The molecule has 1 fully saturated rings. The molecule has 1 aromatic heterocycles. The quantitative estimate of drug-likeness (QED) is 0.789. The van der Waals surface area contributed by atoms with Crippen molar-refractivity contribution in [1.82, 2.24) is 20.2 Å². The van der Waals surface area contributed by atoms with Crippen molar-refractivity contribution in [3.8, 4) is 0 Å². The Kier molecular flexibility index (Phi) is 4.44. The van der Waals surface area contributed by atoms with Crippen LogP contribution in [-0.4, -0.2) is 44.8 Å². The number of rotatable bonds is 4. The van der Waals surface area contributed by atoms with Gasteiger partial charge in [0.25, 0.3) is 0 Å². The molecule has 102 valence electrons. The molecular formula is C9H13F3N4OS. The van der Waals surface area contributed by atoms with E-state index in [9.17, 15) is 13.2 Å². The number of halogens is 3. The van der Waals surface area contributed by atoms with Gasteiger partial charge in [0, 0.05) is 12.4 Å². The smallest absolute Gasteiger partial charge is 0.377 e. The molecular weight excluding hydrogens is 269 g/mol. The summed E-state index contributed by atoms with van der Waals surface area (Å²) in [5.41, 5.74) is 0. The van der Waals surface area contributed by atoms with Crippen molar-refractivity contribution in [3.63, 3.8) is 0 Å². The number of ether oxygens (including phenoxy) is 1. The molecule has 2 rings (SSSR count). The summed E-state index contributed by atoms with van der Waals surface area (Å²) in [6, 6.07) is 0. The summed E-state index contributed by atoms with van der Waals surface area (Å²) in [6.07, 6.45) is -1.15. The van der Waals surface area contributed by atoms with Gasteiger partial charge in [-0.2, -0.15) is 13.2 Å². The van der Waals surface area contributed by atoms with E-state index < -0.39 is 12.7 Å². The van der Waals surface area contributed by atoms with Crippen LogP contribution in [0.4, 0.5) is 13.2 Å². The molecule has 18 heavy (non-hydrogen) atoms. The summed E-state index contributed by atoms with van der Waals surface area (Å²) in [7, 11) is 0. The maximum Gasteiger partial charge on any atom is 0.408 e. The molecule has 0 radical (unpaired) electrons. The number of thioether (sulfide) groups is 1. The Morgan fingerprint density at radius 1 is 1.39 bits per heavy atom. The van der Waals surface area contributed by atoms with Gasteiger partial charge in [-0.05, 0) is 29.7 Å². The first kappa shape index (κ1) is 13.6. The third-order valence-corrected chi connectivity index (χ3v) is 3.59. The molecule has 1 aliphatic rings. The molecule has 1 saturated heterocycles. The van der Waals surface area contributed by atoms with E-state index in [1.165, 1.54) is 11.8 Å². The van der Waals surface area contributed by atoms with Crippen molar-refractivity contribution in [3.05, 3.63) is 0 Å². The summed E-state index contributed by atoms with van der Waals surface area (Å²) < 4.78 is 43.0. The molecule has 9 heteroatoms. The highest BCUT2D eigenvalue weighted by atomic mass is 32.2. The van der Waals surface area contributed by atoms with Gasteiger partial charge in [0.1, 0.15) is 6.54 Å². The third kappa shape index (κ3) is 4.13. The minimum atomic E-state index is -4.31. The number of tetrazole rings is 1. The van der Waals surface area contributed by atoms with E-state index in [1.807, 2.05) is 0 Å². The topological polar surface area (TPSA) is 52.8 Å². The van der Waals surface area contributed by atoms with Crippen molar-refractivity contribution >= 4 is 11.8 Å². The maximum atomic E-state index is 12.2. The lowest BCUT2D eigenvalue weighted by atomic mass is 10.1. The molecule has 0 aliphatic carbocycles. The third-order valence-electron chi connectivity index (χ3n) is 2.50. The van der Waals surface area contributed by atoms with Crippen molar-refractivity contribution in [2.24, 2.45) is 0 Å². The van der Waals surface area contributed by atoms with Gasteiger partial charge in [-0.25, -0.2) is 4.68 Å². The predicted molar refractivity (Wildman–Crippen MR) is 58.2 cm³/mol. The van der Waals surface area contributed by atoms with Gasteiger partial charge >= 0.3 is 6.18 Å². The Labute approximate surface area is 106 Å². The van der Waals surface area contributed by atoms with Crippen LogP contribution in [0.5, 0.6) is 0 Å². The minimum Gasteiger partial charge on any atom is -0.377 e. The van der Waals surface area contributed by atoms with Gasteiger partial charge < -0.3 is 4.74 Å². The van der Waals surface area contributed by atoms with Crippen LogP contribution in [0.1, 0.15) is 19.3 Å². The van der Waals surface area contributed by atoms with Crippen LogP contribution >= 0.6 is 11.8 Å². The Balaban J connectivity index is 1.87. The van der Waals surface area contributed by atoms with Crippen LogP contribution in [0.15, 0.2) is 5.16 Å². The molecule has 2 heterocycles. The molecule has 0 N–H and O–H groups in total. The van der Waals surface area contributed by atoms with Gasteiger partial charge in [0.05, 0.1) is 6.10 Å². The van der Waals surface area contributed by atoms with Crippen molar-refractivity contribution in [2.75, 3.05) is 12.4 Å². The fourth-order valence-corrected chi connectivity index (χ4v) is 2.62. The van der Waals surface area contributed by atoms with Crippen LogP contribution in [0.3, 0.4) is 0 Å². The predicted octanol–water partition coefficient (Wildman–Crippen LogP) is 1.90. The lowest BCUT2D eigenvalue weighted by Crippen LogP contribution is -2.22. The largest absolute Gasteiger partial charge is 0.408 e. The zero-order valence-electron chi connectivity index (χ0n) is 9.56. The van der Waals surface area contributed by atoms with Crippen LogP contribution in [-0.2, 0) is 11.3 Å². The van der Waals surface area contributed by atoms with E-state index in [-0.39, 0.29) is 11.3 Å².